The summed E-state index contributed by atoms with van der Waals surface area (Å²) in [5, 5.41) is 8.70. The Hall–Kier alpha value is -2.52. The number of rotatable bonds is 6. The zero-order valence-corrected chi connectivity index (χ0v) is 19.9. The van der Waals surface area contributed by atoms with Crippen molar-refractivity contribution in [3.8, 4) is 5.69 Å². The maximum atomic E-state index is 13.4. The van der Waals surface area contributed by atoms with Gasteiger partial charge in [0.15, 0.2) is 10.8 Å². The average molecular weight is 471 g/mol. The molecule has 2 saturated heterocycles. The number of nitrogens with zero attached hydrogens (tertiary/aromatic N) is 5. The number of benzene rings is 1. The molecule has 1 amide bonds. The van der Waals surface area contributed by atoms with Crippen LogP contribution in [0.25, 0.3) is 16.0 Å². The minimum Gasteiger partial charge on any atom is -0.355 e. The normalized spacial score (nSPS) is 19.8. The first-order valence-electron chi connectivity index (χ1n) is 12.0. The number of nitrogens with one attached hydrogen (secondary N) is 1. The van der Waals surface area contributed by atoms with Crippen LogP contribution >= 0.6 is 11.3 Å². The van der Waals surface area contributed by atoms with E-state index in [9.17, 15) is 9.18 Å². The van der Waals surface area contributed by atoms with Crippen LogP contribution in [-0.2, 0) is 4.79 Å². The van der Waals surface area contributed by atoms with Crippen LogP contribution in [0.5, 0.6) is 0 Å². The van der Waals surface area contributed by atoms with E-state index in [0.29, 0.717) is 6.54 Å². The highest BCUT2D eigenvalue weighted by molar-refractivity contribution is 7.22. The maximum Gasteiger partial charge on any atom is 0.224 e. The zero-order valence-electron chi connectivity index (χ0n) is 19.1. The molecular formula is C24H31FN6OS. The molecule has 0 radical (unpaired) electrons. The molecule has 2 fully saturated rings. The van der Waals surface area contributed by atoms with Crippen LogP contribution in [0.2, 0.25) is 0 Å². The Kier molecular flexibility index (Phi) is 6.59. The van der Waals surface area contributed by atoms with Crippen LogP contribution in [0.4, 0.5) is 9.52 Å². The molecule has 1 aromatic carbocycles. The van der Waals surface area contributed by atoms with Crippen molar-refractivity contribution in [3.05, 3.63) is 35.8 Å². The third kappa shape index (κ3) is 4.89. The van der Waals surface area contributed by atoms with Gasteiger partial charge in [0, 0.05) is 26.2 Å². The third-order valence-corrected chi connectivity index (χ3v) is 7.90. The molecule has 2 aliphatic heterocycles. The Morgan fingerprint density at radius 1 is 1.15 bits per heavy atom. The Morgan fingerprint density at radius 3 is 2.73 bits per heavy atom. The number of aromatic nitrogens is 3. The van der Waals surface area contributed by atoms with Gasteiger partial charge in [0.2, 0.25) is 5.91 Å². The number of carbonyl (C=O) groups excluding carboxylic acids is 1. The summed E-state index contributed by atoms with van der Waals surface area (Å²) in [6.07, 6.45) is 5.76. The highest BCUT2D eigenvalue weighted by Gasteiger charge is 2.28. The lowest BCUT2D eigenvalue weighted by molar-refractivity contribution is -0.125. The number of likely N-dealkylation sites (tertiary alicyclic amines) is 1. The Bertz CT molecular complexity index is 1100. The third-order valence-electron chi connectivity index (χ3n) is 6.69. The van der Waals surface area contributed by atoms with Crippen molar-refractivity contribution in [1.82, 2.24) is 25.0 Å². The number of hydrogen-bond donors (Lipinski definition) is 1. The molecular weight excluding hydrogens is 439 g/mol. The van der Waals surface area contributed by atoms with E-state index in [2.05, 4.69) is 20.2 Å². The Balaban J connectivity index is 1.25. The van der Waals surface area contributed by atoms with Gasteiger partial charge in [0.25, 0.3) is 0 Å². The van der Waals surface area contributed by atoms with E-state index in [1.54, 1.807) is 28.2 Å². The van der Waals surface area contributed by atoms with Gasteiger partial charge < -0.3 is 15.1 Å². The van der Waals surface area contributed by atoms with Crippen molar-refractivity contribution < 1.29 is 9.18 Å². The summed E-state index contributed by atoms with van der Waals surface area (Å²) >= 11 is 1.62. The van der Waals surface area contributed by atoms with E-state index < -0.39 is 0 Å². The largest absolute Gasteiger partial charge is 0.355 e. The van der Waals surface area contributed by atoms with Crippen molar-refractivity contribution in [2.24, 2.45) is 5.92 Å². The Morgan fingerprint density at radius 2 is 1.94 bits per heavy atom. The topological polar surface area (TPSA) is 66.3 Å². The smallest absolute Gasteiger partial charge is 0.224 e. The molecule has 2 aromatic heterocycles. The molecule has 176 valence electrons. The summed E-state index contributed by atoms with van der Waals surface area (Å²) in [5.41, 5.74) is 2.48. The monoisotopic (exact) mass is 470 g/mol. The SMILES string of the molecule is Cc1nn(-c2ccc(F)cc2)c2nc(N3CCC[C@@H](C(=O)NCCN4CCCCC4)C3)sc12. The number of anilines is 1. The van der Waals surface area contributed by atoms with Crippen molar-refractivity contribution in [1.29, 1.82) is 0 Å². The molecule has 4 heterocycles. The summed E-state index contributed by atoms with van der Waals surface area (Å²) in [6, 6.07) is 6.30. The standard InChI is InChI=1S/C24H31FN6OS/c1-17-21-22(31(28-17)20-9-7-19(25)8-10-20)27-24(33-21)30-14-5-6-18(16-30)23(32)26-11-15-29-12-3-2-4-13-29/h7-10,18H,2-6,11-16H2,1H3,(H,26,32)/t18-/m1/s1. The van der Waals surface area contributed by atoms with Crippen LogP contribution in [0.15, 0.2) is 24.3 Å². The highest BCUT2D eigenvalue weighted by Crippen LogP contribution is 2.34. The van der Waals surface area contributed by atoms with Gasteiger partial charge in [-0.2, -0.15) is 10.1 Å². The molecule has 9 heteroatoms. The van der Waals surface area contributed by atoms with E-state index >= 15 is 0 Å². The molecule has 0 spiro atoms. The van der Waals surface area contributed by atoms with Gasteiger partial charge in [0.1, 0.15) is 5.82 Å². The number of hydrogen-bond acceptors (Lipinski definition) is 6. The fourth-order valence-electron chi connectivity index (χ4n) is 4.85. The lowest BCUT2D eigenvalue weighted by Crippen LogP contribution is -2.45. The van der Waals surface area contributed by atoms with Crippen molar-refractivity contribution in [2.45, 2.75) is 39.0 Å². The highest BCUT2D eigenvalue weighted by atomic mass is 32.1. The molecule has 1 atom stereocenters. The van der Waals surface area contributed by atoms with Crippen molar-refractivity contribution in [2.75, 3.05) is 44.2 Å². The van der Waals surface area contributed by atoms with Gasteiger partial charge in [-0.3, -0.25) is 4.79 Å². The van der Waals surface area contributed by atoms with Crippen molar-refractivity contribution >= 4 is 32.7 Å². The number of aryl methyl sites for hydroxylation is 1. The number of fused-ring (bicyclic) bond motifs is 1. The molecule has 0 aliphatic carbocycles. The second-order valence-electron chi connectivity index (χ2n) is 9.10. The summed E-state index contributed by atoms with van der Waals surface area (Å²) < 4.78 is 16.2. The van der Waals surface area contributed by atoms with Gasteiger partial charge in [-0.25, -0.2) is 9.07 Å². The molecule has 0 bridgehead atoms. The fraction of sp³-hybridized carbons (Fsp3) is 0.542. The molecule has 1 N–H and O–H groups in total. The predicted molar refractivity (Wildman–Crippen MR) is 130 cm³/mol. The first-order chi connectivity index (χ1) is 16.1. The number of piperidine rings is 2. The number of amides is 1. The second kappa shape index (κ2) is 9.77. The van der Waals surface area contributed by atoms with Gasteiger partial charge in [-0.15, -0.1) is 0 Å². The van der Waals surface area contributed by atoms with Crippen LogP contribution < -0.4 is 10.2 Å². The predicted octanol–water partition coefficient (Wildman–Crippen LogP) is 3.75. The first kappa shape index (κ1) is 22.3. The molecule has 5 rings (SSSR count). The van der Waals surface area contributed by atoms with Crippen LogP contribution in [0, 0.1) is 18.7 Å². The van der Waals surface area contributed by atoms with Gasteiger partial charge in [-0.05, 0) is 70.0 Å². The molecule has 33 heavy (non-hydrogen) atoms. The summed E-state index contributed by atoms with van der Waals surface area (Å²) in [4.78, 5) is 22.4. The molecule has 0 unspecified atom stereocenters. The maximum absolute atomic E-state index is 13.4. The molecule has 3 aromatic rings. The Labute approximate surface area is 197 Å². The zero-order chi connectivity index (χ0) is 22.8. The fourth-order valence-corrected chi connectivity index (χ4v) is 5.87. The minimum atomic E-state index is -0.272. The van der Waals surface area contributed by atoms with Crippen molar-refractivity contribution in [3.63, 3.8) is 0 Å². The average Bonchev–Trinajstić information content (AvgIpc) is 3.41. The van der Waals surface area contributed by atoms with Crippen LogP contribution in [0.3, 0.4) is 0 Å². The van der Waals surface area contributed by atoms with E-state index in [1.807, 2.05) is 6.92 Å². The van der Waals surface area contributed by atoms with E-state index in [-0.39, 0.29) is 17.6 Å². The quantitative estimate of drug-likeness (QED) is 0.594. The van der Waals surface area contributed by atoms with E-state index in [0.717, 1.165) is 72.4 Å². The van der Waals surface area contributed by atoms with Crippen LogP contribution in [-0.4, -0.2) is 64.8 Å². The lowest BCUT2D eigenvalue weighted by Gasteiger charge is -2.32. The van der Waals surface area contributed by atoms with Gasteiger partial charge in [0.05, 0.1) is 22.0 Å². The first-order valence-corrected chi connectivity index (χ1v) is 12.8. The minimum absolute atomic E-state index is 0.0122. The van der Waals surface area contributed by atoms with Gasteiger partial charge >= 0.3 is 0 Å². The number of thiazole rings is 1. The number of halogens is 1. The summed E-state index contributed by atoms with van der Waals surface area (Å²) in [7, 11) is 0. The summed E-state index contributed by atoms with van der Waals surface area (Å²) in [5.74, 6) is -0.125. The summed E-state index contributed by atoms with van der Waals surface area (Å²) in [6.45, 7) is 7.53. The number of carbonyl (C=O) groups is 1. The molecule has 2 aliphatic rings. The van der Waals surface area contributed by atoms with Crippen LogP contribution in [0.1, 0.15) is 37.8 Å². The van der Waals surface area contributed by atoms with E-state index in [4.69, 9.17) is 4.98 Å². The molecule has 7 nitrogen and oxygen atoms in total. The second-order valence-corrected chi connectivity index (χ2v) is 10.1. The van der Waals surface area contributed by atoms with E-state index in [1.165, 1.54) is 31.4 Å². The molecule has 0 saturated carbocycles. The lowest BCUT2D eigenvalue weighted by atomic mass is 9.97. The van der Waals surface area contributed by atoms with Gasteiger partial charge in [-0.1, -0.05) is 17.8 Å².